The van der Waals surface area contributed by atoms with Crippen molar-refractivity contribution in [3.63, 3.8) is 0 Å². The molecule has 0 aliphatic heterocycles. The van der Waals surface area contributed by atoms with Gasteiger partial charge in [-0.25, -0.2) is 4.57 Å². The molecule has 0 amide bonds. The molecule has 3 atom stereocenters. The van der Waals surface area contributed by atoms with Crippen LogP contribution in [-0.2, 0) is 18.1 Å². The van der Waals surface area contributed by atoms with Gasteiger partial charge in [-0.2, -0.15) is 5.26 Å². The Kier molecular flexibility index (Phi) is 5.03. The molecule has 0 radical (unpaired) electrons. The molecule has 0 heterocycles. The fourth-order valence-electron chi connectivity index (χ4n) is 3.35. The fourth-order valence-corrected chi connectivity index (χ4v) is 4.62. The predicted molar refractivity (Wildman–Crippen MR) is 80.7 cm³/mol. The number of phosphoric acid groups is 1. The van der Waals surface area contributed by atoms with E-state index in [1.807, 2.05) is 0 Å². The van der Waals surface area contributed by atoms with Crippen LogP contribution in [0.4, 0.5) is 0 Å². The molecule has 1 fully saturated rings. The molecule has 6 nitrogen and oxygen atoms in total. The smallest absolute Gasteiger partial charge is 0.406 e. The summed E-state index contributed by atoms with van der Waals surface area (Å²) < 4.78 is 28.4. The zero-order valence-corrected chi connectivity index (χ0v) is 14.3. The van der Waals surface area contributed by atoms with Crippen molar-refractivity contribution in [1.82, 2.24) is 0 Å². The third kappa shape index (κ3) is 3.23. The number of hydrogen-bond acceptors (Lipinski definition) is 6. The molecule has 0 aromatic rings. The van der Waals surface area contributed by atoms with Crippen LogP contribution in [0.5, 0.6) is 0 Å². The van der Waals surface area contributed by atoms with Crippen LogP contribution >= 0.6 is 7.82 Å². The average molecular weight is 329 g/mol. The minimum Gasteiger partial charge on any atom is -0.406 e. The maximum atomic E-state index is 12.6. The highest BCUT2D eigenvalue weighted by molar-refractivity contribution is 7.48. The summed E-state index contributed by atoms with van der Waals surface area (Å²) in [5.41, 5.74) is -1.93. The Morgan fingerprint density at radius 2 is 2.09 bits per heavy atom. The van der Waals surface area contributed by atoms with E-state index >= 15 is 0 Å². The first kappa shape index (κ1) is 17.5. The first-order chi connectivity index (χ1) is 10.3. The molecular formula is C15H24NO5P. The Hall–Kier alpha value is -0.860. The number of fused-ring (bicyclic) bond motifs is 1. The lowest BCUT2D eigenvalue weighted by molar-refractivity contribution is -0.0236. The lowest BCUT2D eigenvalue weighted by Crippen LogP contribution is -2.43. The Morgan fingerprint density at radius 3 is 2.64 bits per heavy atom. The number of nitriles is 1. The van der Waals surface area contributed by atoms with E-state index in [4.69, 9.17) is 13.6 Å². The maximum Gasteiger partial charge on any atom is 0.529 e. The van der Waals surface area contributed by atoms with Gasteiger partial charge >= 0.3 is 7.82 Å². The molecule has 0 bridgehead atoms. The number of hydrogen-bond donors (Lipinski definition) is 1. The van der Waals surface area contributed by atoms with Gasteiger partial charge in [-0.1, -0.05) is 0 Å². The third-order valence-electron chi connectivity index (χ3n) is 4.37. The molecule has 2 aliphatic rings. The highest BCUT2D eigenvalue weighted by atomic mass is 31.2. The second-order valence-electron chi connectivity index (χ2n) is 6.13. The summed E-state index contributed by atoms with van der Waals surface area (Å²) >= 11 is 0. The SMILES string of the molecule is CCOP(=O)(OCC)OC1=CC(C)(C#N)C[C@H]2CCC[C@]12O. The van der Waals surface area contributed by atoms with Crippen molar-refractivity contribution in [2.24, 2.45) is 11.3 Å². The Balaban J connectivity index is 2.36. The zero-order chi connectivity index (χ0) is 16.4. The lowest BCUT2D eigenvalue weighted by Gasteiger charge is -2.40. The van der Waals surface area contributed by atoms with E-state index in [9.17, 15) is 14.9 Å². The van der Waals surface area contributed by atoms with Gasteiger partial charge in [0.05, 0.1) is 24.7 Å². The van der Waals surface area contributed by atoms with Gasteiger partial charge in [-0.3, -0.25) is 9.05 Å². The normalized spacial score (nSPS) is 34.7. The minimum atomic E-state index is -3.78. The molecule has 0 aromatic heterocycles. The van der Waals surface area contributed by atoms with E-state index in [1.165, 1.54) is 0 Å². The van der Waals surface area contributed by atoms with Gasteiger partial charge in [-0.15, -0.1) is 0 Å². The summed E-state index contributed by atoms with van der Waals surface area (Å²) in [7, 11) is -3.78. The number of aliphatic hydroxyl groups is 1. The van der Waals surface area contributed by atoms with Crippen molar-refractivity contribution in [2.75, 3.05) is 13.2 Å². The molecule has 2 rings (SSSR count). The quantitative estimate of drug-likeness (QED) is 0.750. The molecule has 0 saturated heterocycles. The Labute approximate surface area is 131 Å². The van der Waals surface area contributed by atoms with Crippen LogP contribution in [0.15, 0.2) is 11.8 Å². The topological polar surface area (TPSA) is 88.8 Å². The summed E-state index contributed by atoms with van der Waals surface area (Å²) in [6.07, 6.45) is 4.35. The molecule has 124 valence electrons. The Bertz CT molecular complexity index is 533. The van der Waals surface area contributed by atoms with E-state index < -0.39 is 18.8 Å². The van der Waals surface area contributed by atoms with Crippen LogP contribution in [-0.4, -0.2) is 23.9 Å². The summed E-state index contributed by atoms with van der Waals surface area (Å²) in [6, 6.07) is 2.25. The summed E-state index contributed by atoms with van der Waals surface area (Å²) in [5, 5.41) is 20.4. The minimum absolute atomic E-state index is 0.0751. The fraction of sp³-hybridized carbons (Fsp3) is 0.800. The van der Waals surface area contributed by atoms with E-state index in [0.29, 0.717) is 12.8 Å². The maximum absolute atomic E-state index is 12.6. The first-order valence-corrected chi connectivity index (χ1v) is 9.22. The van der Waals surface area contributed by atoms with Crippen LogP contribution in [0.25, 0.3) is 0 Å². The summed E-state index contributed by atoms with van der Waals surface area (Å²) in [4.78, 5) is 0. The van der Waals surface area contributed by atoms with Gasteiger partial charge in [0.2, 0.25) is 0 Å². The molecular weight excluding hydrogens is 305 g/mol. The molecule has 0 spiro atoms. The second-order valence-corrected chi connectivity index (χ2v) is 7.72. The molecule has 0 aromatic carbocycles. The molecule has 1 N–H and O–H groups in total. The Morgan fingerprint density at radius 1 is 1.45 bits per heavy atom. The average Bonchev–Trinajstić information content (AvgIpc) is 2.81. The van der Waals surface area contributed by atoms with E-state index in [1.54, 1.807) is 26.8 Å². The van der Waals surface area contributed by atoms with Gasteiger partial charge in [0.25, 0.3) is 0 Å². The predicted octanol–water partition coefficient (Wildman–Crippen LogP) is 3.53. The van der Waals surface area contributed by atoms with E-state index in [0.717, 1.165) is 12.8 Å². The first-order valence-electron chi connectivity index (χ1n) is 7.76. The van der Waals surface area contributed by atoms with Gasteiger partial charge < -0.3 is 9.63 Å². The molecule has 22 heavy (non-hydrogen) atoms. The highest BCUT2D eigenvalue weighted by Crippen LogP contribution is 2.58. The van der Waals surface area contributed by atoms with Crippen LogP contribution in [0.3, 0.4) is 0 Å². The van der Waals surface area contributed by atoms with Crippen molar-refractivity contribution in [3.8, 4) is 6.07 Å². The van der Waals surface area contributed by atoms with E-state index in [2.05, 4.69) is 6.07 Å². The number of rotatable bonds is 6. The largest absolute Gasteiger partial charge is 0.529 e. The van der Waals surface area contributed by atoms with Gasteiger partial charge in [-0.05, 0) is 58.4 Å². The standard InChI is InChI=1S/C15H24NO5P/c1-4-19-22(18,20-5-2)21-13-10-14(3,11-16)9-12-7-6-8-15(12,13)17/h10,12,17H,4-9H2,1-3H3/t12-,14?,15-/m1/s1. The van der Waals surface area contributed by atoms with Crippen molar-refractivity contribution in [2.45, 2.75) is 52.1 Å². The van der Waals surface area contributed by atoms with E-state index in [-0.39, 0.29) is 24.9 Å². The van der Waals surface area contributed by atoms with Gasteiger partial charge in [0.15, 0.2) is 0 Å². The number of nitrogens with zero attached hydrogens (tertiary/aromatic N) is 1. The number of phosphoric ester groups is 1. The van der Waals surface area contributed by atoms with Gasteiger partial charge in [0, 0.05) is 0 Å². The van der Waals surface area contributed by atoms with Crippen molar-refractivity contribution in [3.05, 3.63) is 11.8 Å². The third-order valence-corrected chi connectivity index (χ3v) is 5.94. The van der Waals surface area contributed by atoms with Crippen LogP contribution < -0.4 is 0 Å². The molecule has 1 saturated carbocycles. The van der Waals surface area contributed by atoms with Crippen molar-refractivity contribution in [1.29, 1.82) is 5.26 Å². The lowest BCUT2D eigenvalue weighted by atomic mass is 9.70. The molecule has 7 heteroatoms. The number of allylic oxidation sites excluding steroid dienone is 1. The van der Waals surface area contributed by atoms with Crippen LogP contribution in [0.1, 0.15) is 46.5 Å². The highest BCUT2D eigenvalue weighted by Gasteiger charge is 2.53. The van der Waals surface area contributed by atoms with Crippen LogP contribution in [0.2, 0.25) is 0 Å². The van der Waals surface area contributed by atoms with Crippen molar-refractivity contribution >= 4 is 7.82 Å². The summed E-state index contributed by atoms with van der Waals surface area (Å²) in [5.74, 6) is 0.0874. The van der Waals surface area contributed by atoms with Crippen molar-refractivity contribution < 1.29 is 23.2 Å². The summed E-state index contributed by atoms with van der Waals surface area (Å²) in [6.45, 7) is 5.51. The monoisotopic (exact) mass is 329 g/mol. The second kappa shape index (κ2) is 6.33. The van der Waals surface area contributed by atoms with Crippen LogP contribution in [0, 0.1) is 22.7 Å². The molecule has 2 aliphatic carbocycles. The molecule has 1 unspecified atom stereocenters. The van der Waals surface area contributed by atoms with Gasteiger partial charge in [0.1, 0.15) is 11.4 Å². The zero-order valence-electron chi connectivity index (χ0n) is 13.4.